The standard InChI is InChI=1S/C26H29N4O4/c1-31-23-7-6-18-12-22-20-14-25(34-11-5-4-9-30-17-27-16-28-30)24(32-2)13-19(20)8-10-29(22)15-21(18)26(23)33-3/h6-7,12-17H,4-5,8-11H2,1-3H3/q+1. The van der Waals surface area contributed by atoms with Gasteiger partial charge in [-0.05, 0) is 48.1 Å². The van der Waals surface area contributed by atoms with Crippen LogP contribution in [0.2, 0.25) is 0 Å². The van der Waals surface area contributed by atoms with Crippen LogP contribution in [-0.4, -0.2) is 42.7 Å². The fraction of sp³-hybridized carbons (Fsp3) is 0.346. The molecule has 0 atom stereocenters. The van der Waals surface area contributed by atoms with Crippen molar-refractivity contribution in [3.8, 4) is 34.3 Å². The SMILES string of the molecule is COc1cc2c(cc1OCCCCn1cncn1)-c1cc3ccc(OC)c(OC)c3c[n+]1CC2. The van der Waals surface area contributed by atoms with Gasteiger partial charge in [0.1, 0.15) is 12.7 Å². The number of rotatable bonds is 9. The van der Waals surface area contributed by atoms with E-state index in [0.29, 0.717) is 6.61 Å². The Morgan fingerprint density at radius 1 is 0.971 bits per heavy atom. The Hall–Kier alpha value is -3.81. The van der Waals surface area contributed by atoms with Crippen LogP contribution in [0.25, 0.3) is 22.0 Å². The summed E-state index contributed by atoms with van der Waals surface area (Å²) in [5, 5.41) is 6.27. The lowest BCUT2D eigenvalue weighted by Gasteiger charge is -2.19. The van der Waals surface area contributed by atoms with E-state index in [4.69, 9.17) is 18.9 Å². The molecular weight excluding hydrogens is 432 g/mol. The van der Waals surface area contributed by atoms with Crippen molar-refractivity contribution in [3.63, 3.8) is 0 Å². The van der Waals surface area contributed by atoms with Gasteiger partial charge in [0.2, 0.25) is 5.69 Å². The number of benzene rings is 2. The Kier molecular flexibility index (Phi) is 6.20. The third-order valence-electron chi connectivity index (χ3n) is 6.30. The van der Waals surface area contributed by atoms with Crippen LogP contribution >= 0.6 is 0 Å². The van der Waals surface area contributed by atoms with E-state index < -0.39 is 0 Å². The van der Waals surface area contributed by atoms with Gasteiger partial charge < -0.3 is 18.9 Å². The maximum absolute atomic E-state index is 6.17. The summed E-state index contributed by atoms with van der Waals surface area (Å²) in [5.41, 5.74) is 3.58. The number of hydrogen-bond donors (Lipinski definition) is 0. The molecule has 176 valence electrons. The molecule has 0 saturated heterocycles. The van der Waals surface area contributed by atoms with Crippen LogP contribution in [-0.2, 0) is 19.5 Å². The summed E-state index contributed by atoms with van der Waals surface area (Å²) in [5.74, 6) is 3.03. The van der Waals surface area contributed by atoms with Crippen LogP contribution in [0.5, 0.6) is 23.0 Å². The van der Waals surface area contributed by atoms with Gasteiger partial charge in [0.25, 0.3) is 0 Å². The average Bonchev–Trinajstić information content (AvgIpc) is 3.39. The smallest absolute Gasteiger partial charge is 0.213 e. The molecule has 2 aromatic heterocycles. The third-order valence-corrected chi connectivity index (χ3v) is 6.30. The zero-order chi connectivity index (χ0) is 23.5. The van der Waals surface area contributed by atoms with Crippen LogP contribution in [0.3, 0.4) is 0 Å². The van der Waals surface area contributed by atoms with Crippen molar-refractivity contribution >= 4 is 10.8 Å². The summed E-state index contributed by atoms with van der Waals surface area (Å²) < 4.78 is 27.1. The van der Waals surface area contributed by atoms with Crippen molar-refractivity contribution in [3.05, 3.63) is 54.7 Å². The van der Waals surface area contributed by atoms with Crippen LogP contribution < -0.4 is 23.5 Å². The molecule has 0 N–H and O–H groups in total. The average molecular weight is 462 g/mol. The summed E-state index contributed by atoms with van der Waals surface area (Å²) in [6, 6.07) is 10.5. The van der Waals surface area contributed by atoms with E-state index in [0.717, 1.165) is 71.8 Å². The number of hydrogen-bond acceptors (Lipinski definition) is 6. The van der Waals surface area contributed by atoms with E-state index in [1.54, 1.807) is 34.0 Å². The number of aryl methyl sites for hydroxylation is 3. The van der Waals surface area contributed by atoms with Crippen LogP contribution in [0.15, 0.2) is 49.2 Å². The van der Waals surface area contributed by atoms with Crippen molar-refractivity contribution in [2.45, 2.75) is 32.4 Å². The molecule has 4 aromatic rings. The highest BCUT2D eigenvalue weighted by molar-refractivity contribution is 5.91. The van der Waals surface area contributed by atoms with Gasteiger partial charge >= 0.3 is 0 Å². The molecule has 8 nitrogen and oxygen atoms in total. The Morgan fingerprint density at radius 3 is 2.62 bits per heavy atom. The molecule has 0 fully saturated rings. The van der Waals surface area contributed by atoms with E-state index in [2.05, 4.69) is 45.1 Å². The highest BCUT2D eigenvalue weighted by atomic mass is 16.5. The molecule has 0 aliphatic carbocycles. The van der Waals surface area contributed by atoms with E-state index in [1.807, 2.05) is 10.7 Å². The molecule has 5 rings (SSSR count). The highest BCUT2D eigenvalue weighted by Crippen LogP contribution is 2.40. The van der Waals surface area contributed by atoms with Crippen molar-refractivity contribution < 1.29 is 23.5 Å². The zero-order valence-corrected chi connectivity index (χ0v) is 19.8. The molecule has 8 heteroatoms. The number of fused-ring (bicyclic) bond motifs is 4. The molecule has 0 radical (unpaired) electrons. The quantitative estimate of drug-likeness (QED) is 0.279. The topological polar surface area (TPSA) is 71.5 Å². The van der Waals surface area contributed by atoms with Crippen LogP contribution in [0, 0.1) is 0 Å². The lowest BCUT2D eigenvalue weighted by atomic mass is 9.95. The Morgan fingerprint density at radius 2 is 1.85 bits per heavy atom. The first-order valence-corrected chi connectivity index (χ1v) is 11.5. The molecule has 1 aliphatic rings. The summed E-state index contributed by atoms with van der Waals surface area (Å²) in [7, 11) is 5.03. The normalized spacial score (nSPS) is 12.2. The molecule has 34 heavy (non-hydrogen) atoms. The minimum absolute atomic E-state index is 0.610. The minimum atomic E-state index is 0.610. The summed E-state index contributed by atoms with van der Waals surface area (Å²) in [6.45, 7) is 2.32. The molecule has 0 unspecified atom stereocenters. The van der Waals surface area contributed by atoms with Gasteiger partial charge in [-0.15, -0.1) is 0 Å². The van der Waals surface area contributed by atoms with Crippen molar-refractivity contribution in [1.82, 2.24) is 14.8 Å². The van der Waals surface area contributed by atoms with Crippen LogP contribution in [0.4, 0.5) is 0 Å². The maximum atomic E-state index is 6.17. The van der Waals surface area contributed by atoms with E-state index in [1.165, 1.54) is 11.1 Å². The molecule has 0 saturated carbocycles. The number of ether oxygens (including phenoxy) is 4. The number of pyridine rings is 1. The minimum Gasteiger partial charge on any atom is -0.493 e. The van der Waals surface area contributed by atoms with Crippen molar-refractivity contribution in [2.24, 2.45) is 0 Å². The highest BCUT2D eigenvalue weighted by Gasteiger charge is 2.27. The van der Waals surface area contributed by atoms with Crippen molar-refractivity contribution in [2.75, 3.05) is 27.9 Å². The Labute approximate surface area is 198 Å². The van der Waals surface area contributed by atoms with E-state index in [9.17, 15) is 0 Å². The van der Waals surface area contributed by atoms with E-state index >= 15 is 0 Å². The van der Waals surface area contributed by atoms with Gasteiger partial charge in [0.05, 0.1) is 38.9 Å². The molecule has 1 aliphatic heterocycles. The molecule has 0 amide bonds. The third kappa shape index (κ3) is 4.11. The maximum Gasteiger partial charge on any atom is 0.213 e. The lowest BCUT2D eigenvalue weighted by molar-refractivity contribution is -0.686. The molecule has 3 heterocycles. The Balaban J connectivity index is 1.42. The summed E-state index contributed by atoms with van der Waals surface area (Å²) in [6.07, 6.45) is 8.24. The number of methoxy groups -OCH3 is 3. The second kappa shape index (κ2) is 9.59. The Bertz CT molecular complexity index is 1300. The first-order chi connectivity index (χ1) is 16.7. The van der Waals surface area contributed by atoms with Gasteiger partial charge in [-0.2, -0.15) is 9.67 Å². The second-order valence-electron chi connectivity index (χ2n) is 8.28. The van der Waals surface area contributed by atoms with Gasteiger partial charge in [-0.1, -0.05) is 0 Å². The molecular formula is C26H29N4O4+. The first-order valence-electron chi connectivity index (χ1n) is 11.5. The van der Waals surface area contributed by atoms with Gasteiger partial charge in [0.15, 0.2) is 35.7 Å². The van der Waals surface area contributed by atoms with Gasteiger partial charge in [-0.3, -0.25) is 4.68 Å². The second-order valence-corrected chi connectivity index (χ2v) is 8.28. The van der Waals surface area contributed by atoms with E-state index in [-0.39, 0.29) is 0 Å². The summed E-state index contributed by atoms with van der Waals surface area (Å²) >= 11 is 0. The molecule has 0 spiro atoms. The number of aromatic nitrogens is 4. The first kappa shape index (κ1) is 22.0. The lowest BCUT2D eigenvalue weighted by Crippen LogP contribution is -2.40. The summed E-state index contributed by atoms with van der Waals surface area (Å²) in [4.78, 5) is 3.98. The largest absolute Gasteiger partial charge is 0.493 e. The predicted octanol–water partition coefficient (Wildman–Crippen LogP) is 3.83. The monoisotopic (exact) mass is 461 g/mol. The van der Waals surface area contributed by atoms with Gasteiger partial charge in [0, 0.05) is 19.0 Å². The van der Waals surface area contributed by atoms with Gasteiger partial charge in [-0.25, -0.2) is 4.98 Å². The number of nitrogens with zero attached hydrogens (tertiary/aromatic N) is 4. The zero-order valence-electron chi connectivity index (χ0n) is 19.8. The van der Waals surface area contributed by atoms with Crippen LogP contribution in [0.1, 0.15) is 18.4 Å². The predicted molar refractivity (Wildman–Crippen MR) is 128 cm³/mol. The van der Waals surface area contributed by atoms with Crippen molar-refractivity contribution in [1.29, 1.82) is 0 Å². The number of unbranched alkanes of at least 4 members (excludes halogenated alkanes) is 1. The molecule has 0 bridgehead atoms. The fourth-order valence-electron chi connectivity index (χ4n) is 4.56. The molecule has 2 aromatic carbocycles. The fourth-order valence-corrected chi connectivity index (χ4v) is 4.56.